The lowest BCUT2D eigenvalue weighted by atomic mass is 9.74. The van der Waals surface area contributed by atoms with Gasteiger partial charge in [-0.15, -0.1) is 0 Å². The number of hydrogen-bond acceptors (Lipinski definition) is 1. The van der Waals surface area contributed by atoms with Crippen LogP contribution in [-0.4, -0.2) is 8.07 Å². The number of aryl methyl sites for hydroxylation is 2. The van der Waals surface area contributed by atoms with Crippen LogP contribution in [0.1, 0.15) is 34.7 Å². The van der Waals surface area contributed by atoms with E-state index >= 15 is 0 Å². The van der Waals surface area contributed by atoms with Gasteiger partial charge in [0.05, 0.1) is 0 Å². The van der Waals surface area contributed by atoms with E-state index in [9.17, 15) is 0 Å². The number of fused-ring (bicyclic) bond motifs is 6. The van der Waals surface area contributed by atoms with Crippen LogP contribution >= 0.6 is 0 Å². The monoisotopic (exact) mass is 859 g/mol. The molecular formula is C64H49NSi. The molecule has 2 heteroatoms. The van der Waals surface area contributed by atoms with Gasteiger partial charge in [0, 0.05) is 22.5 Å². The molecule has 0 amide bonds. The first-order valence-electron chi connectivity index (χ1n) is 23.2. The molecule has 1 aliphatic carbocycles. The molecular weight excluding hydrogens is 811 g/mol. The molecule has 0 radical (unpaired) electrons. The van der Waals surface area contributed by atoms with Gasteiger partial charge < -0.3 is 4.90 Å². The maximum atomic E-state index is 2.49. The highest BCUT2D eigenvalue weighted by molar-refractivity contribution is 7.22. The van der Waals surface area contributed by atoms with Crippen molar-refractivity contribution < 1.29 is 0 Å². The van der Waals surface area contributed by atoms with E-state index in [4.69, 9.17) is 0 Å². The highest BCUT2D eigenvalue weighted by atomic mass is 28.3. The molecule has 0 spiro atoms. The van der Waals surface area contributed by atoms with Crippen molar-refractivity contribution in [3.8, 4) is 44.5 Å². The average Bonchev–Trinajstić information content (AvgIpc) is 3.82. The summed E-state index contributed by atoms with van der Waals surface area (Å²) in [4.78, 5) is 2.45. The average molecular weight is 860 g/mol. The third-order valence-corrected chi connectivity index (χ3v) is 19.5. The highest BCUT2D eigenvalue weighted by Crippen LogP contribution is 2.54. The Balaban J connectivity index is 0.995. The first-order valence-corrected chi connectivity index (χ1v) is 25.2. The molecule has 1 nitrogen and oxygen atoms in total. The maximum absolute atomic E-state index is 2.62. The molecule has 0 aromatic heterocycles. The van der Waals surface area contributed by atoms with E-state index < -0.39 is 8.07 Å². The summed E-state index contributed by atoms with van der Waals surface area (Å²) in [6.45, 7) is 6.81. The van der Waals surface area contributed by atoms with Crippen LogP contribution in [0.3, 0.4) is 0 Å². The first-order chi connectivity index (χ1) is 32.4. The molecule has 1 aliphatic heterocycles. The fraction of sp³-hybridized carbons (Fsp3) is 0.0625. The van der Waals surface area contributed by atoms with Crippen LogP contribution in [0.5, 0.6) is 0 Å². The maximum Gasteiger partial charge on any atom is 0.180 e. The number of nitrogens with zero attached hydrogens (tertiary/aromatic N) is 1. The van der Waals surface area contributed by atoms with Crippen LogP contribution in [0.4, 0.5) is 17.1 Å². The van der Waals surface area contributed by atoms with Crippen LogP contribution in [0.2, 0.25) is 0 Å². The Morgan fingerprint density at radius 2 is 0.894 bits per heavy atom. The SMILES string of the molecule is Cc1cccc(-c2ccc(N(c3ccc(-c4cccc([Si]5(c6ccccc6)c6ccccc6-c6ccccc65)c4)cc3)c3ccc4c(c3)C(C)(c3ccccc3)c3ccccc3-4)cc2C)c1. The summed E-state index contributed by atoms with van der Waals surface area (Å²) in [7, 11) is -2.62. The largest absolute Gasteiger partial charge is 0.310 e. The smallest absolute Gasteiger partial charge is 0.180 e. The van der Waals surface area contributed by atoms with E-state index in [2.05, 4.69) is 268 Å². The van der Waals surface area contributed by atoms with E-state index in [1.165, 1.54) is 93.1 Å². The van der Waals surface area contributed by atoms with Crippen molar-refractivity contribution in [2.75, 3.05) is 4.90 Å². The third kappa shape index (κ3) is 6.13. The Bertz CT molecular complexity index is 3420. The third-order valence-electron chi connectivity index (χ3n) is 14.6. The minimum Gasteiger partial charge on any atom is -0.310 e. The Morgan fingerprint density at radius 3 is 1.59 bits per heavy atom. The molecule has 0 saturated heterocycles. The van der Waals surface area contributed by atoms with Gasteiger partial charge in [-0.2, -0.15) is 0 Å². The van der Waals surface area contributed by atoms with E-state index in [0.29, 0.717) is 0 Å². The first kappa shape index (κ1) is 39.8. The zero-order valence-corrected chi connectivity index (χ0v) is 38.5. The zero-order chi connectivity index (χ0) is 44.4. The van der Waals surface area contributed by atoms with Gasteiger partial charge in [-0.05, 0) is 145 Å². The van der Waals surface area contributed by atoms with Crippen LogP contribution in [0, 0.1) is 13.8 Å². The van der Waals surface area contributed by atoms with Crippen LogP contribution in [0.15, 0.2) is 243 Å². The molecule has 1 heterocycles. The summed E-state index contributed by atoms with van der Waals surface area (Å²) >= 11 is 0. The number of benzene rings is 10. The molecule has 0 N–H and O–H groups in total. The summed E-state index contributed by atoms with van der Waals surface area (Å²) in [5.41, 5.74) is 19.8. The van der Waals surface area contributed by atoms with Crippen molar-refractivity contribution in [3.05, 3.63) is 270 Å². The van der Waals surface area contributed by atoms with E-state index in [1.807, 2.05) is 0 Å². The zero-order valence-electron chi connectivity index (χ0n) is 37.5. The van der Waals surface area contributed by atoms with Gasteiger partial charge in [0.15, 0.2) is 8.07 Å². The molecule has 0 bridgehead atoms. The fourth-order valence-corrected chi connectivity index (χ4v) is 16.7. The molecule has 2 aliphatic rings. The molecule has 1 atom stereocenters. The van der Waals surface area contributed by atoms with Gasteiger partial charge >= 0.3 is 0 Å². The van der Waals surface area contributed by atoms with Crippen molar-refractivity contribution in [2.24, 2.45) is 0 Å². The molecule has 0 fully saturated rings. The summed E-state index contributed by atoms with van der Waals surface area (Å²) in [6, 6.07) is 91.1. The van der Waals surface area contributed by atoms with Crippen molar-refractivity contribution in [3.63, 3.8) is 0 Å². The van der Waals surface area contributed by atoms with Gasteiger partial charge in [0.25, 0.3) is 0 Å². The molecule has 1 unspecified atom stereocenters. The van der Waals surface area contributed by atoms with Crippen molar-refractivity contribution >= 4 is 45.9 Å². The minimum atomic E-state index is -2.62. The predicted molar refractivity (Wildman–Crippen MR) is 282 cm³/mol. The lowest BCUT2D eigenvalue weighted by molar-refractivity contribution is 0.714. The van der Waals surface area contributed by atoms with Crippen LogP contribution < -0.4 is 25.6 Å². The lowest BCUT2D eigenvalue weighted by Crippen LogP contribution is -2.72. The Hall–Kier alpha value is -7.78. The second-order valence-corrected chi connectivity index (χ2v) is 22.0. The van der Waals surface area contributed by atoms with Gasteiger partial charge in [-0.1, -0.05) is 212 Å². The quantitative estimate of drug-likeness (QED) is 0.138. The van der Waals surface area contributed by atoms with E-state index in [-0.39, 0.29) is 5.41 Å². The Kier molecular flexibility index (Phi) is 9.48. The topological polar surface area (TPSA) is 3.24 Å². The van der Waals surface area contributed by atoms with E-state index in [0.717, 1.165) is 17.1 Å². The highest BCUT2D eigenvalue weighted by Gasteiger charge is 2.48. The molecule has 66 heavy (non-hydrogen) atoms. The number of anilines is 3. The van der Waals surface area contributed by atoms with Crippen molar-refractivity contribution in [1.29, 1.82) is 0 Å². The molecule has 314 valence electrons. The summed E-state index contributed by atoms with van der Waals surface area (Å²) < 4.78 is 0. The van der Waals surface area contributed by atoms with Crippen molar-refractivity contribution in [1.82, 2.24) is 0 Å². The van der Waals surface area contributed by atoms with Gasteiger partial charge in [-0.25, -0.2) is 0 Å². The Morgan fingerprint density at radius 1 is 0.348 bits per heavy atom. The van der Waals surface area contributed by atoms with Crippen LogP contribution in [-0.2, 0) is 5.41 Å². The van der Waals surface area contributed by atoms with Gasteiger partial charge in [-0.3, -0.25) is 0 Å². The molecule has 0 saturated carbocycles. The lowest BCUT2D eigenvalue weighted by Gasteiger charge is -2.32. The minimum absolute atomic E-state index is 0.310. The van der Waals surface area contributed by atoms with Gasteiger partial charge in [0.2, 0.25) is 0 Å². The van der Waals surface area contributed by atoms with Crippen LogP contribution in [0.25, 0.3) is 44.5 Å². The molecule has 12 rings (SSSR count). The van der Waals surface area contributed by atoms with Crippen molar-refractivity contribution in [2.45, 2.75) is 26.2 Å². The number of rotatable bonds is 8. The normalized spacial score (nSPS) is 15.1. The summed E-state index contributed by atoms with van der Waals surface area (Å²) in [5.74, 6) is 0. The molecule has 10 aromatic carbocycles. The number of hydrogen-bond donors (Lipinski definition) is 0. The predicted octanol–water partition coefficient (Wildman–Crippen LogP) is 13.8. The summed E-state index contributed by atoms with van der Waals surface area (Å²) in [5, 5.41) is 5.74. The second kappa shape index (κ2) is 15.7. The standard InChI is InChI=1S/C64H49NSi/c1-44-18-16-20-48(40-44)55-38-36-51(41-45(55)2)65(52-37-39-57-56-26-10-13-29-60(56)64(3,61(57)43-52)49-21-6-4-7-22-49)50-34-32-46(33-35-50)47-19-17-25-54(42-47)66(53-23-8-5-9-24-53)62-30-14-11-27-58(62)59-28-12-15-31-63(59)66/h4-43H,1-3H3. The second-order valence-electron chi connectivity index (χ2n) is 18.3. The fourth-order valence-electron chi connectivity index (χ4n) is 11.5. The van der Waals surface area contributed by atoms with E-state index in [1.54, 1.807) is 0 Å². The Labute approximate surface area is 390 Å². The molecule has 10 aromatic rings. The summed E-state index contributed by atoms with van der Waals surface area (Å²) in [6.07, 6.45) is 0. The van der Waals surface area contributed by atoms with Gasteiger partial charge in [0.1, 0.15) is 0 Å².